The Morgan fingerprint density at radius 1 is 1.03 bits per heavy atom. The average molecular weight is 421 g/mol. The number of aromatic nitrogens is 2. The van der Waals surface area contributed by atoms with Gasteiger partial charge in [-0.1, -0.05) is 18.2 Å². The predicted molar refractivity (Wildman–Crippen MR) is 113 cm³/mol. The molecule has 0 atom stereocenters. The molecule has 1 amide bonds. The van der Waals surface area contributed by atoms with Gasteiger partial charge >= 0.3 is 0 Å². The van der Waals surface area contributed by atoms with Crippen molar-refractivity contribution in [2.24, 2.45) is 0 Å². The molecule has 30 heavy (non-hydrogen) atoms. The minimum absolute atomic E-state index is 0.107. The molecule has 9 heteroatoms. The van der Waals surface area contributed by atoms with Crippen molar-refractivity contribution in [3.05, 3.63) is 60.3 Å². The number of hydrogen-bond acceptors (Lipinski definition) is 6. The Balaban J connectivity index is 1.43. The summed E-state index contributed by atoms with van der Waals surface area (Å²) in [6.07, 6.45) is 2.75. The summed E-state index contributed by atoms with van der Waals surface area (Å²) in [7, 11) is -3.41. The largest absolute Gasteiger partial charge is 0.325 e. The molecule has 2 aliphatic heterocycles. The fourth-order valence-electron chi connectivity index (χ4n) is 3.51. The van der Waals surface area contributed by atoms with Gasteiger partial charge in [-0.3, -0.25) is 4.79 Å². The number of sulfonamides is 1. The molecule has 1 saturated heterocycles. The van der Waals surface area contributed by atoms with Crippen molar-refractivity contribution in [3.8, 4) is 11.3 Å². The van der Waals surface area contributed by atoms with Gasteiger partial charge < -0.3 is 10.6 Å². The van der Waals surface area contributed by atoms with Gasteiger partial charge in [0, 0.05) is 36.1 Å². The van der Waals surface area contributed by atoms with E-state index in [1.165, 1.54) is 4.31 Å². The first-order valence-electron chi connectivity index (χ1n) is 9.63. The van der Waals surface area contributed by atoms with E-state index < -0.39 is 10.0 Å². The third-order valence-corrected chi connectivity index (χ3v) is 7.15. The summed E-state index contributed by atoms with van der Waals surface area (Å²) in [5, 5.41) is 6.01. The number of amides is 1. The molecule has 0 radical (unpaired) electrons. The van der Waals surface area contributed by atoms with Gasteiger partial charge in [-0.05, 0) is 36.8 Å². The smallest absolute Gasteiger partial charge is 0.243 e. The lowest BCUT2D eigenvalue weighted by Crippen LogP contribution is -2.41. The number of rotatable bonds is 4. The first-order valence-corrected chi connectivity index (χ1v) is 11.1. The molecule has 2 aromatic carbocycles. The van der Waals surface area contributed by atoms with Crippen molar-refractivity contribution < 1.29 is 13.2 Å². The van der Waals surface area contributed by atoms with Gasteiger partial charge in [-0.25, -0.2) is 18.4 Å². The zero-order valence-electron chi connectivity index (χ0n) is 16.0. The molecule has 0 unspecified atom stereocenters. The number of hydrogen-bond donors (Lipinski definition) is 2. The first kappa shape index (κ1) is 18.7. The lowest BCUT2D eigenvalue weighted by molar-refractivity contribution is -0.115. The minimum Gasteiger partial charge on any atom is -0.325 e. The van der Waals surface area contributed by atoms with Crippen LogP contribution < -0.4 is 10.6 Å². The lowest BCUT2D eigenvalue weighted by Gasteiger charge is -2.29. The van der Waals surface area contributed by atoms with Crippen molar-refractivity contribution in [2.75, 3.05) is 23.7 Å². The average Bonchev–Trinajstić information content (AvgIpc) is 2.82. The fraction of sp³-hybridized carbons (Fsp3) is 0.190. The van der Waals surface area contributed by atoms with E-state index in [0.717, 1.165) is 17.5 Å². The van der Waals surface area contributed by atoms with Crippen LogP contribution in [-0.4, -0.2) is 41.7 Å². The molecule has 1 aromatic heterocycles. The van der Waals surface area contributed by atoms with E-state index in [2.05, 4.69) is 20.6 Å². The van der Waals surface area contributed by atoms with E-state index in [0.29, 0.717) is 36.1 Å². The summed E-state index contributed by atoms with van der Waals surface area (Å²) in [4.78, 5) is 21.4. The summed E-state index contributed by atoms with van der Waals surface area (Å²) >= 11 is 0. The van der Waals surface area contributed by atoms with Crippen LogP contribution >= 0.6 is 0 Å². The number of para-hydroxylation sites is 1. The number of nitrogens with zero attached hydrogens (tertiary/aromatic N) is 3. The number of fused-ring (bicyclic) bond motifs is 3. The normalized spacial score (nSPS) is 15.9. The third kappa shape index (κ3) is 3.31. The Morgan fingerprint density at radius 3 is 2.53 bits per heavy atom. The number of anilines is 3. The molecule has 2 aliphatic rings. The van der Waals surface area contributed by atoms with Crippen molar-refractivity contribution in [1.82, 2.24) is 14.3 Å². The van der Waals surface area contributed by atoms with Crippen LogP contribution in [0.25, 0.3) is 11.3 Å². The van der Waals surface area contributed by atoms with E-state index in [-0.39, 0.29) is 17.2 Å². The Kier molecular flexibility index (Phi) is 4.48. The third-order valence-electron chi connectivity index (χ3n) is 5.24. The summed E-state index contributed by atoms with van der Waals surface area (Å²) in [6, 6.07) is 14.1. The predicted octanol–water partition coefficient (Wildman–Crippen LogP) is 2.78. The molecule has 5 rings (SSSR count). The number of benzene rings is 2. The van der Waals surface area contributed by atoms with Crippen molar-refractivity contribution in [1.29, 1.82) is 0 Å². The van der Waals surface area contributed by atoms with E-state index in [4.69, 9.17) is 0 Å². The van der Waals surface area contributed by atoms with Gasteiger partial charge in [0.15, 0.2) is 0 Å². The van der Waals surface area contributed by atoms with E-state index in [1.54, 1.807) is 30.5 Å². The molecular weight excluding hydrogens is 402 g/mol. The summed E-state index contributed by atoms with van der Waals surface area (Å²) in [6.45, 7) is 1.15. The highest BCUT2D eigenvalue weighted by Crippen LogP contribution is 2.33. The molecule has 3 heterocycles. The molecule has 0 aliphatic carbocycles. The Hall–Kier alpha value is -3.30. The second-order valence-electron chi connectivity index (χ2n) is 7.25. The van der Waals surface area contributed by atoms with Gasteiger partial charge in [0.1, 0.15) is 0 Å². The highest BCUT2D eigenvalue weighted by atomic mass is 32.2. The number of carbonyl (C=O) groups excluding carboxylic acids is 1. The SMILES string of the molecule is O=C1Cc2cnc(Nc3ccc(S(=O)(=O)N4CCC4)cc3)nc2-c2ccccc2N1. The first-order chi connectivity index (χ1) is 14.5. The van der Waals surface area contributed by atoms with Crippen LogP contribution in [-0.2, 0) is 21.2 Å². The summed E-state index contributed by atoms with van der Waals surface area (Å²) in [5.41, 5.74) is 3.66. The van der Waals surface area contributed by atoms with Crippen molar-refractivity contribution >= 4 is 33.3 Å². The maximum Gasteiger partial charge on any atom is 0.243 e. The van der Waals surface area contributed by atoms with Gasteiger partial charge in [-0.2, -0.15) is 4.31 Å². The van der Waals surface area contributed by atoms with Crippen LogP contribution in [0.4, 0.5) is 17.3 Å². The summed E-state index contributed by atoms with van der Waals surface area (Å²) in [5.74, 6) is 0.265. The molecule has 0 bridgehead atoms. The van der Waals surface area contributed by atoms with Crippen LogP contribution in [0.1, 0.15) is 12.0 Å². The quantitative estimate of drug-likeness (QED) is 0.671. The van der Waals surface area contributed by atoms with Crippen LogP contribution in [0, 0.1) is 0 Å². The molecule has 152 valence electrons. The van der Waals surface area contributed by atoms with Gasteiger partial charge in [-0.15, -0.1) is 0 Å². The zero-order chi connectivity index (χ0) is 20.7. The fourth-order valence-corrected chi connectivity index (χ4v) is 5.03. The maximum absolute atomic E-state index is 12.5. The standard InChI is InChI=1S/C21H19N5O3S/c27-19-12-14-13-22-21(25-20(14)17-4-1-2-5-18(17)24-19)23-15-6-8-16(9-7-15)30(28,29)26-10-3-11-26/h1-2,4-9,13H,3,10-12H2,(H,24,27)(H,22,23,25). The monoisotopic (exact) mass is 421 g/mol. The molecule has 2 N–H and O–H groups in total. The zero-order valence-corrected chi connectivity index (χ0v) is 16.8. The Morgan fingerprint density at radius 2 is 1.80 bits per heavy atom. The highest BCUT2D eigenvalue weighted by molar-refractivity contribution is 7.89. The van der Waals surface area contributed by atoms with Crippen LogP contribution in [0.3, 0.4) is 0 Å². The number of nitrogens with one attached hydrogen (secondary N) is 2. The minimum atomic E-state index is -3.41. The van der Waals surface area contributed by atoms with Crippen molar-refractivity contribution in [2.45, 2.75) is 17.7 Å². The van der Waals surface area contributed by atoms with Gasteiger partial charge in [0.25, 0.3) is 0 Å². The molecule has 1 fully saturated rings. The van der Waals surface area contributed by atoms with Crippen LogP contribution in [0.2, 0.25) is 0 Å². The van der Waals surface area contributed by atoms with Crippen LogP contribution in [0.15, 0.2) is 59.6 Å². The van der Waals surface area contributed by atoms with Gasteiger partial charge in [0.05, 0.1) is 22.7 Å². The van der Waals surface area contributed by atoms with Crippen LogP contribution in [0.5, 0.6) is 0 Å². The lowest BCUT2D eigenvalue weighted by atomic mass is 10.1. The highest BCUT2D eigenvalue weighted by Gasteiger charge is 2.29. The van der Waals surface area contributed by atoms with E-state index in [1.807, 2.05) is 24.3 Å². The van der Waals surface area contributed by atoms with Gasteiger partial charge in [0.2, 0.25) is 21.9 Å². The Labute approximate surface area is 174 Å². The van der Waals surface area contributed by atoms with E-state index >= 15 is 0 Å². The molecule has 0 spiro atoms. The topological polar surface area (TPSA) is 104 Å². The second kappa shape index (κ2) is 7.19. The maximum atomic E-state index is 12.5. The summed E-state index contributed by atoms with van der Waals surface area (Å²) < 4.78 is 26.4. The van der Waals surface area contributed by atoms with E-state index in [9.17, 15) is 13.2 Å². The molecule has 3 aromatic rings. The Bertz CT molecular complexity index is 1240. The molecule has 0 saturated carbocycles. The van der Waals surface area contributed by atoms with Crippen molar-refractivity contribution in [3.63, 3.8) is 0 Å². The number of carbonyl (C=O) groups is 1. The molecular formula is C21H19N5O3S. The molecule has 8 nitrogen and oxygen atoms in total. The second-order valence-corrected chi connectivity index (χ2v) is 9.18.